The molecule has 0 heterocycles. The summed E-state index contributed by atoms with van der Waals surface area (Å²) in [5.41, 5.74) is 0.594. The zero-order chi connectivity index (χ0) is 13.0. The lowest BCUT2D eigenvalue weighted by Gasteiger charge is -2.10. The van der Waals surface area contributed by atoms with E-state index in [0.29, 0.717) is 0 Å². The summed E-state index contributed by atoms with van der Waals surface area (Å²) >= 11 is 0. The monoisotopic (exact) mass is 238 g/mol. The van der Waals surface area contributed by atoms with Crippen molar-refractivity contribution in [2.45, 2.75) is 20.1 Å². The number of hydrogen-bond donors (Lipinski definition) is 3. The number of aromatic hydroxyl groups is 1. The first kappa shape index (κ1) is 13.2. The molecule has 0 bridgehead atoms. The maximum atomic E-state index is 11.3. The summed E-state index contributed by atoms with van der Waals surface area (Å²) in [5, 5.41) is 27.6. The van der Waals surface area contributed by atoms with E-state index in [4.69, 9.17) is 14.9 Å². The van der Waals surface area contributed by atoms with E-state index in [1.165, 1.54) is 19.1 Å². The minimum absolute atomic E-state index is 0.143. The lowest BCUT2D eigenvalue weighted by molar-refractivity contribution is -0.130. The fraction of sp³-hybridized carbons (Fsp3) is 0.250. The van der Waals surface area contributed by atoms with Gasteiger partial charge in [-0.05, 0) is 19.1 Å². The molecule has 3 N–H and O–H groups in total. The molecule has 5 nitrogen and oxygen atoms in total. The van der Waals surface area contributed by atoms with Gasteiger partial charge in [-0.2, -0.15) is 0 Å². The summed E-state index contributed by atoms with van der Waals surface area (Å²) in [6.07, 6.45) is 0. The third-order valence-electron chi connectivity index (χ3n) is 2.14. The van der Waals surface area contributed by atoms with Gasteiger partial charge in [-0.15, -0.1) is 0 Å². The molecule has 17 heavy (non-hydrogen) atoms. The second-order valence-corrected chi connectivity index (χ2v) is 3.58. The van der Waals surface area contributed by atoms with Crippen LogP contribution in [-0.2, 0) is 18.0 Å². The van der Waals surface area contributed by atoms with E-state index in [9.17, 15) is 9.90 Å². The Bertz CT molecular complexity index is 425. The van der Waals surface area contributed by atoms with Crippen LogP contribution >= 0.6 is 0 Å². The first-order chi connectivity index (χ1) is 7.99. The molecule has 0 radical (unpaired) electrons. The number of esters is 1. The van der Waals surface area contributed by atoms with Gasteiger partial charge in [0.25, 0.3) is 0 Å². The van der Waals surface area contributed by atoms with Gasteiger partial charge >= 0.3 is 5.97 Å². The number of aliphatic hydroxyl groups excluding tert-OH is 2. The Morgan fingerprint density at radius 2 is 1.76 bits per heavy atom. The molecule has 1 aromatic rings. The van der Waals surface area contributed by atoms with Gasteiger partial charge in [-0.1, -0.05) is 6.58 Å². The molecule has 92 valence electrons. The van der Waals surface area contributed by atoms with Crippen LogP contribution < -0.4 is 4.74 Å². The molecule has 1 rings (SSSR count). The van der Waals surface area contributed by atoms with Gasteiger partial charge in [-0.25, -0.2) is 4.79 Å². The number of rotatable bonds is 4. The van der Waals surface area contributed by atoms with E-state index in [1.54, 1.807) is 0 Å². The van der Waals surface area contributed by atoms with E-state index < -0.39 is 19.2 Å². The molecule has 0 atom stereocenters. The van der Waals surface area contributed by atoms with Crippen LogP contribution in [0.25, 0.3) is 0 Å². The molecule has 1 aromatic carbocycles. The minimum Gasteiger partial charge on any atom is -0.507 e. The Morgan fingerprint density at radius 3 is 2.12 bits per heavy atom. The first-order valence-corrected chi connectivity index (χ1v) is 4.93. The fourth-order valence-corrected chi connectivity index (χ4v) is 1.22. The van der Waals surface area contributed by atoms with Crippen LogP contribution in [0.4, 0.5) is 0 Å². The third-order valence-corrected chi connectivity index (χ3v) is 2.14. The van der Waals surface area contributed by atoms with E-state index >= 15 is 0 Å². The van der Waals surface area contributed by atoms with Gasteiger partial charge in [-0.3, -0.25) is 0 Å². The normalized spacial score (nSPS) is 10.1. The standard InChI is InChI=1S/C12H14O5/c1-7(2)12(16)17-10-3-8(5-13)11(15)9(4-10)6-14/h3-4,13-15H,1,5-6H2,2H3. The minimum atomic E-state index is -0.608. The highest BCUT2D eigenvalue weighted by molar-refractivity contribution is 5.88. The number of carbonyl (C=O) groups excluding carboxylic acids is 1. The molecular weight excluding hydrogens is 224 g/mol. The van der Waals surface area contributed by atoms with Crippen LogP contribution in [0.15, 0.2) is 24.3 Å². The third kappa shape index (κ3) is 3.05. The Morgan fingerprint density at radius 1 is 1.29 bits per heavy atom. The Kier molecular flexibility index (Phi) is 4.25. The first-order valence-electron chi connectivity index (χ1n) is 4.93. The molecular formula is C12H14O5. The Balaban J connectivity index is 3.09. The van der Waals surface area contributed by atoms with Crippen molar-refractivity contribution in [3.05, 3.63) is 35.4 Å². The molecule has 0 saturated carbocycles. The average molecular weight is 238 g/mol. The Hall–Kier alpha value is -1.85. The number of aliphatic hydroxyl groups is 2. The van der Waals surface area contributed by atoms with Crippen LogP contribution in [0.1, 0.15) is 18.1 Å². The number of benzene rings is 1. The second kappa shape index (κ2) is 5.47. The van der Waals surface area contributed by atoms with Crippen molar-refractivity contribution >= 4 is 5.97 Å². The van der Waals surface area contributed by atoms with Crippen LogP contribution in [0, 0.1) is 0 Å². The number of carbonyl (C=O) groups is 1. The van der Waals surface area contributed by atoms with Crippen molar-refractivity contribution in [2.24, 2.45) is 0 Å². The van der Waals surface area contributed by atoms with Crippen LogP contribution in [0.3, 0.4) is 0 Å². The zero-order valence-corrected chi connectivity index (χ0v) is 9.43. The quantitative estimate of drug-likeness (QED) is 0.411. The van der Waals surface area contributed by atoms with Crippen LogP contribution in [0.2, 0.25) is 0 Å². The van der Waals surface area contributed by atoms with Crippen molar-refractivity contribution < 1.29 is 24.9 Å². The maximum Gasteiger partial charge on any atom is 0.338 e. The fourth-order valence-electron chi connectivity index (χ4n) is 1.22. The predicted molar refractivity (Wildman–Crippen MR) is 60.4 cm³/mol. The second-order valence-electron chi connectivity index (χ2n) is 3.58. The summed E-state index contributed by atoms with van der Waals surface area (Å²) in [7, 11) is 0. The number of phenols is 1. The summed E-state index contributed by atoms with van der Waals surface area (Å²) in [4.78, 5) is 11.3. The van der Waals surface area contributed by atoms with Crippen molar-refractivity contribution in [3.8, 4) is 11.5 Å². The van der Waals surface area contributed by atoms with Crippen molar-refractivity contribution in [1.82, 2.24) is 0 Å². The van der Waals surface area contributed by atoms with Crippen molar-refractivity contribution in [3.63, 3.8) is 0 Å². The summed E-state index contributed by atoms with van der Waals surface area (Å²) in [6, 6.07) is 2.66. The highest BCUT2D eigenvalue weighted by atomic mass is 16.5. The van der Waals surface area contributed by atoms with Gasteiger partial charge in [0.2, 0.25) is 0 Å². The van der Waals surface area contributed by atoms with E-state index in [0.717, 1.165) is 0 Å². The highest BCUT2D eigenvalue weighted by Gasteiger charge is 2.12. The molecule has 0 saturated heterocycles. The van der Waals surface area contributed by atoms with Gasteiger partial charge in [0.15, 0.2) is 0 Å². The predicted octanol–water partition coefficient (Wildman–Crippen LogP) is 0.858. The lowest BCUT2D eigenvalue weighted by Crippen LogP contribution is -2.09. The largest absolute Gasteiger partial charge is 0.507 e. The lowest BCUT2D eigenvalue weighted by atomic mass is 10.1. The molecule has 0 amide bonds. The van der Waals surface area contributed by atoms with Gasteiger partial charge in [0.1, 0.15) is 11.5 Å². The average Bonchev–Trinajstić information content (AvgIpc) is 2.30. The highest BCUT2D eigenvalue weighted by Crippen LogP contribution is 2.28. The SMILES string of the molecule is C=C(C)C(=O)Oc1cc(CO)c(O)c(CO)c1. The molecule has 0 unspecified atom stereocenters. The zero-order valence-electron chi connectivity index (χ0n) is 9.43. The van der Waals surface area contributed by atoms with Gasteiger partial charge < -0.3 is 20.1 Å². The number of ether oxygens (including phenoxy) is 1. The molecule has 0 aliphatic heterocycles. The summed E-state index contributed by atoms with van der Waals surface area (Å²) in [6.45, 7) is 4.10. The van der Waals surface area contributed by atoms with E-state index in [-0.39, 0.29) is 28.2 Å². The summed E-state index contributed by atoms with van der Waals surface area (Å²) < 4.78 is 4.94. The van der Waals surface area contributed by atoms with Gasteiger partial charge in [0.05, 0.1) is 13.2 Å². The smallest absolute Gasteiger partial charge is 0.338 e. The van der Waals surface area contributed by atoms with Crippen LogP contribution in [0.5, 0.6) is 11.5 Å². The van der Waals surface area contributed by atoms with E-state index in [1.807, 2.05) is 0 Å². The molecule has 0 fully saturated rings. The number of hydrogen-bond acceptors (Lipinski definition) is 5. The summed E-state index contributed by atoms with van der Waals surface area (Å²) in [5.74, 6) is -0.669. The molecule has 0 spiro atoms. The van der Waals surface area contributed by atoms with Crippen molar-refractivity contribution in [2.75, 3.05) is 0 Å². The topological polar surface area (TPSA) is 87.0 Å². The van der Waals surface area contributed by atoms with E-state index in [2.05, 4.69) is 6.58 Å². The molecule has 0 aromatic heterocycles. The van der Waals surface area contributed by atoms with Crippen molar-refractivity contribution in [1.29, 1.82) is 0 Å². The molecule has 0 aliphatic rings. The molecule has 5 heteroatoms. The van der Waals surface area contributed by atoms with Gasteiger partial charge in [0, 0.05) is 16.7 Å². The Labute approximate surface area is 98.6 Å². The van der Waals surface area contributed by atoms with Crippen LogP contribution in [-0.4, -0.2) is 21.3 Å². The molecule has 0 aliphatic carbocycles. The maximum absolute atomic E-state index is 11.3.